The monoisotopic (exact) mass is 754 g/mol. The Bertz CT molecular complexity index is 2140. The van der Waals surface area contributed by atoms with Gasteiger partial charge in [0.2, 0.25) is 15.9 Å². The van der Waals surface area contributed by atoms with Crippen molar-refractivity contribution in [3.63, 3.8) is 0 Å². The van der Waals surface area contributed by atoms with Crippen LogP contribution in [0.4, 0.5) is 11.4 Å². The summed E-state index contributed by atoms with van der Waals surface area (Å²) in [6.07, 6.45) is 3.15. The molecule has 1 amide bonds. The largest absolute Gasteiger partial charge is 0.488 e. The number of carboxylic acids is 1. The lowest BCUT2D eigenvalue weighted by Crippen LogP contribution is -2.43. The third-order valence-electron chi connectivity index (χ3n) is 10.8. The van der Waals surface area contributed by atoms with Gasteiger partial charge >= 0.3 is 5.97 Å². The molecular weight excluding hydrogens is 705 g/mol. The van der Waals surface area contributed by atoms with E-state index in [2.05, 4.69) is 46.8 Å². The van der Waals surface area contributed by atoms with Gasteiger partial charge in [-0.1, -0.05) is 57.2 Å². The van der Waals surface area contributed by atoms with Crippen LogP contribution in [0.1, 0.15) is 85.9 Å². The standard InChI is InChI=1S/C41H50N6O6S/c1-8-31-25-46(54(51,52)36-13-11-10-12-35(36)53-31)24-30-22-29(15-14-26(30)3)38(32-16-17-34-39(27(32)4)45(7)44-47(34)9-2)41(5,6)40(50)43-33(23-37(48)49)28-18-20-42-21-19-28/h10-22,31,33,38,44H,8-9,23-25H2,1-7H3,(H,43,50)(H,48,49)/t31-,33?,38+/m1/s1. The fourth-order valence-corrected chi connectivity index (χ4v) is 9.27. The summed E-state index contributed by atoms with van der Waals surface area (Å²) < 4.78 is 36.0. The molecule has 3 N–H and O–H groups in total. The molecule has 6 rings (SSSR count). The lowest BCUT2D eigenvalue weighted by molar-refractivity contribution is -0.138. The van der Waals surface area contributed by atoms with E-state index in [9.17, 15) is 23.1 Å². The number of amides is 1. The van der Waals surface area contributed by atoms with Crippen LogP contribution >= 0.6 is 0 Å². The average molecular weight is 755 g/mol. The highest BCUT2D eigenvalue weighted by atomic mass is 32.2. The van der Waals surface area contributed by atoms with E-state index >= 15 is 0 Å². The minimum absolute atomic E-state index is 0.111. The number of hydrazine groups is 2. The Morgan fingerprint density at radius 3 is 2.44 bits per heavy atom. The molecule has 3 heterocycles. The third kappa shape index (κ3) is 7.40. The molecule has 1 aromatic heterocycles. The quantitative estimate of drug-likeness (QED) is 0.152. The van der Waals surface area contributed by atoms with Gasteiger partial charge in [-0.25, -0.2) is 8.42 Å². The first-order valence-corrected chi connectivity index (χ1v) is 19.8. The van der Waals surface area contributed by atoms with Gasteiger partial charge in [0.05, 0.1) is 35.8 Å². The normalized spacial score (nSPS) is 17.9. The summed E-state index contributed by atoms with van der Waals surface area (Å²) in [6, 6.07) is 19.5. The number of carbonyl (C=O) groups is 2. The number of hydrogen-bond donors (Lipinski definition) is 3. The van der Waals surface area contributed by atoms with Crippen molar-refractivity contribution in [1.82, 2.24) is 20.1 Å². The summed E-state index contributed by atoms with van der Waals surface area (Å²) in [7, 11) is -1.95. The lowest BCUT2D eigenvalue weighted by Gasteiger charge is -2.37. The van der Waals surface area contributed by atoms with Crippen molar-refractivity contribution in [2.24, 2.45) is 5.41 Å². The first-order chi connectivity index (χ1) is 25.7. The molecule has 0 radical (unpaired) electrons. The Kier molecular flexibility index (Phi) is 11.0. The zero-order valence-corrected chi connectivity index (χ0v) is 32.8. The topological polar surface area (TPSA) is 144 Å². The Morgan fingerprint density at radius 1 is 1.04 bits per heavy atom. The van der Waals surface area contributed by atoms with E-state index in [4.69, 9.17) is 4.74 Å². The van der Waals surface area contributed by atoms with Gasteiger partial charge in [-0.2, -0.15) is 4.31 Å². The van der Waals surface area contributed by atoms with E-state index in [-0.39, 0.29) is 36.4 Å². The molecule has 286 valence electrons. The van der Waals surface area contributed by atoms with Gasteiger partial charge in [-0.3, -0.25) is 24.6 Å². The maximum Gasteiger partial charge on any atom is 0.305 e. The first-order valence-electron chi connectivity index (χ1n) is 18.4. The van der Waals surface area contributed by atoms with E-state index in [1.807, 2.05) is 58.0 Å². The number of fused-ring (bicyclic) bond motifs is 2. The number of anilines is 2. The number of hydrogen-bond acceptors (Lipinski definition) is 9. The van der Waals surface area contributed by atoms with Crippen LogP contribution in [0.2, 0.25) is 0 Å². The van der Waals surface area contributed by atoms with Crippen molar-refractivity contribution >= 4 is 33.3 Å². The third-order valence-corrected chi connectivity index (χ3v) is 12.6. The van der Waals surface area contributed by atoms with Crippen molar-refractivity contribution in [2.75, 3.05) is 30.2 Å². The number of para-hydroxylation sites is 1. The van der Waals surface area contributed by atoms with Crippen molar-refractivity contribution in [2.45, 2.75) is 83.9 Å². The highest BCUT2D eigenvalue weighted by molar-refractivity contribution is 7.89. The highest BCUT2D eigenvalue weighted by Crippen LogP contribution is 2.48. The van der Waals surface area contributed by atoms with E-state index in [1.165, 1.54) is 4.31 Å². The second kappa shape index (κ2) is 15.4. The molecule has 0 aliphatic carbocycles. The average Bonchev–Trinajstić information content (AvgIpc) is 3.43. The number of benzene rings is 3. The number of pyridine rings is 1. The van der Waals surface area contributed by atoms with Gasteiger partial charge in [-0.05, 0) is 90.9 Å². The highest BCUT2D eigenvalue weighted by Gasteiger charge is 2.42. The lowest BCUT2D eigenvalue weighted by atomic mass is 9.69. The predicted octanol–water partition coefficient (Wildman–Crippen LogP) is 6.25. The SMILES string of the molecule is CC[C@@H]1CN(Cc2cc([C@@H](c3ccc4c(c3C)N(C)NN4CC)C(C)(C)C(=O)NC(CC(=O)O)c3ccncc3)ccc2C)S(=O)(=O)c2ccccc2O1. The van der Waals surface area contributed by atoms with Crippen molar-refractivity contribution in [3.05, 3.63) is 113 Å². The molecule has 0 bridgehead atoms. The molecular formula is C41H50N6O6S. The van der Waals surface area contributed by atoms with Crippen LogP contribution in [0.3, 0.4) is 0 Å². The number of rotatable bonds is 12. The molecule has 0 saturated heterocycles. The molecule has 12 nitrogen and oxygen atoms in total. The van der Waals surface area contributed by atoms with Crippen LogP contribution in [0.25, 0.3) is 0 Å². The Balaban J connectivity index is 1.46. The maximum absolute atomic E-state index is 14.7. The van der Waals surface area contributed by atoms with Crippen LogP contribution in [0.5, 0.6) is 5.75 Å². The number of sulfonamides is 1. The molecule has 0 saturated carbocycles. The second-order valence-corrected chi connectivity index (χ2v) is 16.6. The molecule has 2 aliphatic rings. The summed E-state index contributed by atoms with van der Waals surface area (Å²) >= 11 is 0. The summed E-state index contributed by atoms with van der Waals surface area (Å²) in [5.74, 6) is -1.54. The zero-order valence-electron chi connectivity index (χ0n) is 32.0. The Hall–Kier alpha value is -4.98. The summed E-state index contributed by atoms with van der Waals surface area (Å²) in [5, 5.41) is 16.9. The number of aliphatic carboxylic acids is 1. The van der Waals surface area contributed by atoms with Crippen LogP contribution < -0.4 is 25.6 Å². The zero-order chi connectivity index (χ0) is 38.9. The van der Waals surface area contributed by atoms with Crippen molar-refractivity contribution in [1.29, 1.82) is 0 Å². The molecule has 0 fully saturated rings. The van der Waals surface area contributed by atoms with Crippen LogP contribution in [-0.2, 0) is 26.2 Å². The minimum atomic E-state index is -3.91. The van der Waals surface area contributed by atoms with Crippen LogP contribution in [-0.4, -0.2) is 60.9 Å². The number of carboxylic acid groups (broad SMARTS) is 1. The van der Waals surface area contributed by atoms with Gasteiger partial charge in [0, 0.05) is 38.4 Å². The summed E-state index contributed by atoms with van der Waals surface area (Å²) in [5.41, 5.74) is 9.36. The summed E-state index contributed by atoms with van der Waals surface area (Å²) in [6.45, 7) is 12.9. The fourth-order valence-electron chi connectivity index (χ4n) is 7.70. The molecule has 3 atom stereocenters. The van der Waals surface area contributed by atoms with Crippen molar-refractivity contribution in [3.8, 4) is 5.75 Å². The van der Waals surface area contributed by atoms with Gasteiger partial charge in [0.1, 0.15) is 16.7 Å². The Morgan fingerprint density at radius 2 is 1.76 bits per heavy atom. The number of nitrogens with zero attached hydrogens (tertiary/aromatic N) is 4. The number of aryl methyl sites for hydroxylation is 1. The minimum Gasteiger partial charge on any atom is -0.488 e. The molecule has 4 aromatic rings. The van der Waals surface area contributed by atoms with Crippen LogP contribution in [0, 0.1) is 19.3 Å². The second-order valence-electron chi connectivity index (χ2n) is 14.7. The maximum atomic E-state index is 14.7. The molecule has 1 unspecified atom stereocenters. The number of carbonyl (C=O) groups excluding carboxylic acids is 1. The number of ether oxygens (including phenoxy) is 1. The Labute approximate surface area is 318 Å². The number of nitrogens with one attached hydrogen (secondary N) is 2. The van der Waals surface area contributed by atoms with Gasteiger partial charge in [0.25, 0.3) is 0 Å². The summed E-state index contributed by atoms with van der Waals surface area (Å²) in [4.78, 5) is 30.9. The van der Waals surface area contributed by atoms with Crippen molar-refractivity contribution < 1.29 is 27.9 Å². The van der Waals surface area contributed by atoms with Gasteiger partial charge < -0.3 is 15.2 Å². The smallest absolute Gasteiger partial charge is 0.305 e. The van der Waals surface area contributed by atoms with E-state index < -0.39 is 33.4 Å². The van der Waals surface area contributed by atoms with Gasteiger partial charge in [0.15, 0.2) is 0 Å². The van der Waals surface area contributed by atoms with E-state index in [1.54, 1.807) is 48.8 Å². The molecule has 3 aromatic carbocycles. The molecule has 54 heavy (non-hydrogen) atoms. The fraction of sp³-hybridized carbons (Fsp3) is 0.390. The van der Waals surface area contributed by atoms with Gasteiger partial charge in [-0.15, -0.1) is 5.53 Å². The molecule has 13 heteroatoms. The predicted molar refractivity (Wildman–Crippen MR) is 209 cm³/mol. The van der Waals surface area contributed by atoms with E-state index in [0.29, 0.717) is 17.7 Å². The molecule has 2 aliphatic heterocycles. The first kappa shape index (κ1) is 38.7. The molecule has 0 spiro atoms. The van der Waals surface area contributed by atoms with E-state index in [0.717, 1.165) is 45.7 Å². The number of aromatic nitrogens is 1. The van der Waals surface area contributed by atoms with Crippen LogP contribution in [0.15, 0.2) is 84.0 Å².